The van der Waals surface area contributed by atoms with Crippen molar-refractivity contribution in [2.45, 2.75) is 6.54 Å². The summed E-state index contributed by atoms with van der Waals surface area (Å²) in [5.74, 6) is -0.654. The van der Waals surface area contributed by atoms with Gasteiger partial charge in [0.15, 0.2) is 0 Å². The lowest BCUT2D eigenvalue weighted by Crippen LogP contribution is -2.44. The molecule has 5 rings (SSSR count). The molecule has 0 aliphatic carbocycles. The number of carbonyl (C=O) groups is 2. The number of anilines is 4. The van der Waals surface area contributed by atoms with Gasteiger partial charge in [-0.05, 0) is 55.1 Å². The SMILES string of the molecule is CN1CCN(c2ccc(NC(=O)c3c(Nc4ccc5c(c4)C(=O)NC5)cc[nH]c3=O)cc2)CC1. The van der Waals surface area contributed by atoms with E-state index in [9.17, 15) is 14.4 Å². The molecular formula is C25H26N6O3. The number of nitrogens with zero attached hydrogens (tertiary/aromatic N) is 2. The van der Waals surface area contributed by atoms with Crippen LogP contribution in [0.25, 0.3) is 0 Å². The second-order valence-corrected chi connectivity index (χ2v) is 8.57. The Morgan fingerprint density at radius 2 is 1.68 bits per heavy atom. The number of benzene rings is 2. The van der Waals surface area contributed by atoms with Gasteiger partial charge in [-0.2, -0.15) is 0 Å². The fraction of sp³-hybridized carbons (Fsp3) is 0.240. The fourth-order valence-corrected chi connectivity index (χ4v) is 4.27. The molecule has 34 heavy (non-hydrogen) atoms. The molecule has 0 atom stereocenters. The number of fused-ring (bicyclic) bond motifs is 1. The monoisotopic (exact) mass is 458 g/mol. The van der Waals surface area contributed by atoms with Gasteiger partial charge in [-0.25, -0.2) is 0 Å². The Balaban J connectivity index is 1.33. The third kappa shape index (κ3) is 4.38. The Kier molecular flexibility index (Phi) is 5.77. The molecule has 4 N–H and O–H groups in total. The molecule has 0 unspecified atom stereocenters. The highest BCUT2D eigenvalue weighted by atomic mass is 16.2. The molecule has 9 heteroatoms. The molecule has 1 aromatic heterocycles. The van der Waals surface area contributed by atoms with E-state index in [0.717, 1.165) is 37.4 Å². The summed E-state index contributed by atoms with van der Waals surface area (Å²) in [5.41, 5.74) is 3.64. The fourth-order valence-electron chi connectivity index (χ4n) is 4.27. The van der Waals surface area contributed by atoms with Crippen molar-refractivity contribution < 1.29 is 9.59 Å². The maximum atomic E-state index is 13.1. The van der Waals surface area contributed by atoms with Crippen LogP contribution in [0.4, 0.5) is 22.7 Å². The van der Waals surface area contributed by atoms with Crippen LogP contribution in [-0.4, -0.2) is 54.9 Å². The van der Waals surface area contributed by atoms with Gasteiger partial charge in [0.25, 0.3) is 17.4 Å². The highest BCUT2D eigenvalue weighted by molar-refractivity contribution is 6.08. The van der Waals surface area contributed by atoms with Crippen LogP contribution in [0.2, 0.25) is 0 Å². The average Bonchev–Trinajstić information content (AvgIpc) is 3.20. The molecule has 2 aliphatic rings. The number of hydrogen-bond donors (Lipinski definition) is 4. The molecular weight excluding hydrogens is 432 g/mol. The van der Waals surface area contributed by atoms with Crippen molar-refractivity contribution in [3.05, 3.63) is 81.8 Å². The number of aromatic nitrogens is 1. The molecule has 0 bridgehead atoms. The molecule has 0 saturated carbocycles. The first-order valence-electron chi connectivity index (χ1n) is 11.2. The standard InChI is InChI=1S/C25H26N6O3/c1-30-10-12-31(13-11-30)19-6-4-17(5-7-19)29-25(34)22-21(8-9-26-24(22)33)28-18-3-2-16-15-27-23(32)20(16)14-18/h2-9,14H,10-13,15H2,1H3,(H,27,32)(H,29,34)(H2,26,28,33). The summed E-state index contributed by atoms with van der Waals surface area (Å²) < 4.78 is 0. The van der Waals surface area contributed by atoms with Gasteiger partial charge in [0.1, 0.15) is 5.56 Å². The summed E-state index contributed by atoms with van der Waals surface area (Å²) in [6, 6.07) is 14.7. The number of rotatable bonds is 5. The zero-order valence-electron chi connectivity index (χ0n) is 18.9. The van der Waals surface area contributed by atoms with Crippen molar-refractivity contribution >= 4 is 34.6 Å². The zero-order valence-corrected chi connectivity index (χ0v) is 18.9. The van der Waals surface area contributed by atoms with E-state index in [4.69, 9.17) is 0 Å². The Morgan fingerprint density at radius 3 is 2.44 bits per heavy atom. The molecule has 1 saturated heterocycles. The zero-order chi connectivity index (χ0) is 23.7. The van der Waals surface area contributed by atoms with E-state index in [2.05, 4.69) is 37.8 Å². The van der Waals surface area contributed by atoms with E-state index in [0.29, 0.717) is 29.2 Å². The summed E-state index contributed by atoms with van der Waals surface area (Å²) in [5, 5.41) is 8.71. The van der Waals surface area contributed by atoms with Gasteiger partial charge in [-0.1, -0.05) is 6.07 Å². The smallest absolute Gasteiger partial charge is 0.263 e. The number of pyridine rings is 1. The lowest BCUT2D eigenvalue weighted by Gasteiger charge is -2.34. The molecule has 174 valence electrons. The quantitative estimate of drug-likeness (QED) is 0.467. The van der Waals surface area contributed by atoms with Crippen LogP contribution >= 0.6 is 0 Å². The van der Waals surface area contributed by atoms with Gasteiger partial charge in [-0.15, -0.1) is 0 Å². The number of amides is 2. The first kappa shape index (κ1) is 21.7. The summed E-state index contributed by atoms with van der Waals surface area (Å²) in [6.45, 7) is 4.45. The van der Waals surface area contributed by atoms with Crippen molar-refractivity contribution in [3.63, 3.8) is 0 Å². The summed E-state index contributed by atoms with van der Waals surface area (Å²) in [6.07, 6.45) is 1.48. The summed E-state index contributed by atoms with van der Waals surface area (Å²) >= 11 is 0. The number of likely N-dealkylation sites (N-methyl/N-ethyl adjacent to an activating group) is 1. The van der Waals surface area contributed by atoms with Crippen molar-refractivity contribution in [2.24, 2.45) is 0 Å². The first-order chi connectivity index (χ1) is 16.5. The van der Waals surface area contributed by atoms with Crippen molar-refractivity contribution in [3.8, 4) is 0 Å². The minimum atomic E-state index is -0.518. The summed E-state index contributed by atoms with van der Waals surface area (Å²) in [4.78, 5) is 44.8. The van der Waals surface area contributed by atoms with Crippen molar-refractivity contribution in [1.82, 2.24) is 15.2 Å². The lowest BCUT2D eigenvalue weighted by atomic mass is 10.1. The van der Waals surface area contributed by atoms with E-state index in [-0.39, 0.29) is 11.5 Å². The van der Waals surface area contributed by atoms with Crippen LogP contribution < -0.4 is 26.4 Å². The van der Waals surface area contributed by atoms with Gasteiger partial charge in [0.05, 0.1) is 5.69 Å². The van der Waals surface area contributed by atoms with Gasteiger partial charge in [-0.3, -0.25) is 14.4 Å². The largest absolute Gasteiger partial charge is 0.369 e. The highest BCUT2D eigenvalue weighted by Gasteiger charge is 2.21. The second kappa shape index (κ2) is 9.03. The number of aromatic amines is 1. The van der Waals surface area contributed by atoms with E-state index in [1.807, 2.05) is 36.4 Å². The van der Waals surface area contributed by atoms with Gasteiger partial charge < -0.3 is 30.7 Å². The Morgan fingerprint density at radius 1 is 0.941 bits per heavy atom. The molecule has 0 spiro atoms. The van der Waals surface area contributed by atoms with Crippen LogP contribution in [0.3, 0.4) is 0 Å². The number of nitrogens with one attached hydrogen (secondary N) is 4. The van der Waals surface area contributed by atoms with E-state index in [1.54, 1.807) is 12.1 Å². The number of carbonyl (C=O) groups excluding carboxylic acids is 2. The normalized spacial score (nSPS) is 15.6. The third-order valence-electron chi connectivity index (χ3n) is 6.25. The molecule has 2 amide bonds. The Hall–Kier alpha value is -4.11. The Labute approximate surface area is 196 Å². The van der Waals surface area contributed by atoms with Crippen LogP contribution in [0.5, 0.6) is 0 Å². The molecule has 0 radical (unpaired) electrons. The van der Waals surface area contributed by atoms with Crippen LogP contribution in [0.15, 0.2) is 59.5 Å². The minimum Gasteiger partial charge on any atom is -0.369 e. The Bertz CT molecular complexity index is 1290. The molecule has 3 heterocycles. The van der Waals surface area contributed by atoms with E-state index < -0.39 is 11.5 Å². The second-order valence-electron chi connectivity index (χ2n) is 8.57. The summed E-state index contributed by atoms with van der Waals surface area (Å²) in [7, 11) is 2.12. The maximum Gasteiger partial charge on any atom is 0.263 e. The van der Waals surface area contributed by atoms with E-state index in [1.165, 1.54) is 6.20 Å². The maximum absolute atomic E-state index is 13.1. The number of H-pyrrole nitrogens is 1. The topological polar surface area (TPSA) is 110 Å². The van der Waals surface area contributed by atoms with Crippen molar-refractivity contribution in [1.29, 1.82) is 0 Å². The average molecular weight is 459 g/mol. The predicted octanol–water partition coefficient (Wildman–Crippen LogP) is 2.37. The van der Waals surface area contributed by atoms with Crippen molar-refractivity contribution in [2.75, 3.05) is 48.8 Å². The van der Waals surface area contributed by atoms with Gasteiger partial charge in [0, 0.05) is 61.5 Å². The molecule has 3 aromatic rings. The van der Waals surface area contributed by atoms with Gasteiger partial charge >= 0.3 is 0 Å². The van der Waals surface area contributed by atoms with E-state index >= 15 is 0 Å². The minimum absolute atomic E-state index is 0.0319. The number of hydrogen-bond acceptors (Lipinski definition) is 6. The lowest BCUT2D eigenvalue weighted by molar-refractivity contribution is 0.0964. The van der Waals surface area contributed by atoms with Crippen LogP contribution in [0.1, 0.15) is 26.3 Å². The molecule has 9 nitrogen and oxygen atoms in total. The highest BCUT2D eigenvalue weighted by Crippen LogP contribution is 2.25. The third-order valence-corrected chi connectivity index (χ3v) is 6.25. The molecule has 2 aliphatic heterocycles. The van der Waals surface area contributed by atoms with Gasteiger partial charge in [0.2, 0.25) is 0 Å². The molecule has 1 fully saturated rings. The van der Waals surface area contributed by atoms with Crippen LogP contribution in [-0.2, 0) is 6.54 Å². The predicted molar refractivity (Wildman–Crippen MR) is 132 cm³/mol. The molecule has 2 aromatic carbocycles. The van der Waals surface area contributed by atoms with Crippen LogP contribution in [0, 0.1) is 0 Å². The first-order valence-corrected chi connectivity index (χ1v) is 11.2. The number of piperazine rings is 1.